The molecule has 0 aliphatic heterocycles. The Morgan fingerprint density at radius 1 is 1.00 bits per heavy atom. The lowest BCUT2D eigenvalue weighted by Crippen LogP contribution is -2.35. The number of aromatic nitrogens is 2. The Morgan fingerprint density at radius 2 is 1.67 bits per heavy atom. The molecule has 0 spiro atoms. The van der Waals surface area contributed by atoms with Gasteiger partial charge in [0.05, 0.1) is 11.7 Å². The summed E-state index contributed by atoms with van der Waals surface area (Å²) in [5.41, 5.74) is 3.95. The standard InChI is InChI=1S/C30H32FN3O2/c1-33-30(36-27-16-14-25(31)15-17-27)28(29(32-33)24-10-6-3-7-11-24)21-34(19-23-12-13-23)20-26(35)18-22-8-4-2-5-9-22/h2-11,14-17,23,26,35H,12-13,18-21H2,1H3. The summed E-state index contributed by atoms with van der Waals surface area (Å²) < 4.78 is 21.5. The van der Waals surface area contributed by atoms with E-state index in [9.17, 15) is 9.50 Å². The van der Waals surface area contributed by atoms with Gasteiger partial charge >= 0.3 is 0 Å². The van der Waals surface area contributed by atoms with E-state index in [0.29, 0.717) is 37.1 Å². The number of rotatable bonds is 11. The summed E-state index contributed by atoms with van der Waals surface area (Å²) in [4.78, 5) is 2.33. The van der Waals surface area contributed by atoms with Crippen LogP contribution < -0.4 is 4.74 Å². The van der Waals surface area contributed by atoms with E-state index in [0.717, 1.165) is 28.9 Å². The summed E-state index contributed by atoms with van der Waals surface area (Å²) in [5, 5.41) is 15.8. The van der Waals surface area contributed by atoms with Crippen molar-refractivity contribution in [1.29, 1.82) is 0 Å². The molecule has 0 saturated heterocycles. The minimum atomic E-state index is -0.482. The van der Waals surface area contributed by atoms with Crippen molar-refractivity contribution in [2.45, 2.75) is 31.9 Å². The molecule has 1 saturated carbocycles. The first-order valence-corrected chi connectivity index (χ1v) is 12.5. The Balaban J connectivity index is 1.44. The Bertz CT molecular complexity index is 1250. The van der Waals surface area contributed by atoms with Crippen LogP contribution in [0.5, 0.6) is 11.6 Å². The van der Waals surface area contributed by atoms with Crippen LogP contribution >= 0.6 is 0 Å². The van der Waals surface area contributed by atoms with Gasteiger partial charge in [0, 0.05) is 32.2 Å². The predicted molar refractivity (Wildman–Crippen MR) is 139 cm³/mol. The fraction of sp³-hybridized carbons (Fsp3) is 0.300. The molecule has 5 rings (SSSR count). The van der Waals surface area contributed by atoms with Gasteiger partial charge in [0.2, 0.25) is 5.88 Å². The van der Waals surface area contributed by atoms with E-state index in [1.165, 1.54) is 25.0 Å². The monoisotopic (exact) mass is 485 g/mol. The minimum absolute atomic E-state index is 0.305. The number of ether oxygens (including phenoxy) is 1. The second kappa shape index (κ2) is 11.1. The molecule has 0 radical (unpaired) electrons. The highest BCUT2D eigenvalue weighted by atomic mass is 19.1. The second-order valence-corrected chi connectivity index (χ2v) is 9.66. The van der Waals surface area contributed by atoms with Gasteiger partial charge in [-0.25, -0.2) is 9.07 Å². The zero-order valence-corrected chi connectivity index (χ0v) is 20.6. The molecule has 1 aromatic heterocycles. The van der Waals surface area contributed by atoms with Gasteiger partial charge in [0.1, 0.15) is 17.3 Å². The first-order valence-electron chi connectivity index (χ1n) is 12.5. The molecule has 1 aliphatic carbocycles. The summed E-state index contributed by atoms with van der Waals surface area (Å²) in [6.07, 6.45) is 2.58. The molecule has 186 valence electrons. The van der Waals surface area contributed by atoms with Crippen LogP contribution in [0.1, 0.15) is 24.0 Å². The van der Waals surface area contributed by atoms with Gasteiger partial charge in [-0.15, -0.1) is 0 Å². The lowest BCUT2D eigenvalue weighted by atomic mass is 10.1. The molecule has 1 unspecified atom stereocenters. The number of halogens is 1. The molecular weight excluding hydrogens is 453 g/mol. The second-order valence-electron chi connectivity index (χ2n) is 9.66. The number of benzene rings is 3. The molecule has 1 fully saturated rings. The zero-order valence-electron chi connectivity index (χ0n) is 20.6. The van der Waals surface area contributed by atoms with Crippen molar-refractivity contribution in [3.05, 3.63) is 102 Å². The average molecular weight is 486 g/mol. The topological polar surface area (TPSA) is 50.5 Å². The Hall–Kier alpha value is -3.48. The first kappa shape index (κ1) is 24.2. The third-order valence-corrected chi connectivity index (χ3v) is 6.54. The predicted octanol–water partition coefficient (Wildman–Crippen LogP) is 5.83. The van der Waals surface area contributed by atoms with Crippen LogP contribution in [0.15, 0.2) is 84.9 Å². The summed E-state index contributed by atoms with van der Waals surface area (Å²) in [6.45, 7) is 2.08. The Kier molecular flexibility index (Phi) is 7.44. The largest absolute Gasteiger partial charge is 0.439 e. The number of nitrogens with zero attached hydrogens (tertiary/aromatic N) is 3. The van der Waals surface area contributed by atoms with Crippen molar-refractivity contribution in [3.63, 3.8) is 0 Å². The van der Waals surface area contributed by atoms with Crippen LogP contribution in [-0.4, -0.2) is 39.0 Å². The molecule has 3 aromatic carbocycles. The van der Waals surface area contributed by atoms with Crippen LogP contribution in [0.4, 0.5) is 4.39 Å². The molecule has 1 aliphatic rings. The lowest BCUT2D eigenvalue weighted by molar-refractivity contribution is 0.105. The highest BCUT2D eigenvalue weighted by Crippen LogP contribution is 2.36. The van der Waals surface area contributed by atoms with Crippen LogP contribution in [0.25, 0.3) is 11.3 Å². The SMILES string of the molecule is Cn1nc(-c2ccccc2)c(CN(CC(O)Cc2ccccc2)CC2CC2)c1Oc1ccc(F)cc1. The van der Waals surface area contributed by atoms with E-state index in [2.05, 4.69) is 17.0 Å². The van der Waals surface area contributed by atoms with Crippen molar-refractivity contribution in [3.8, 4) is 22.9 Å². The van der Waals surface area contributed by atoms with Gasteiger partial charge in [0.15, 0.2) is 0 Å². The number of hydrogen-bond acceptors (Lipinski definition) is 4. The van der Waals surface area contributed by atoms with Gasteiger partial charge in [-0.3, -0.25) is 4.90 Å². The van der Waals surface area contributed by atoms with E-state index in [1.54, 1.807) is 16.8 Å². The van der Waals surface area contributed by atoms with Gasteiger partial charge < -0.3 is 9.84 Å². The van der Waals surface area contributed by atoms with E-state index in [1.807, 2.05) is 55.6 Å². The third kappa shape index (κ3) is 6.20. The van der Waals surface area contributed by atoms with Crippen LogP contribution in [0, 0.1) is 11.7 Å². The van der Waals surface area contributed by atoms with E-state index >= 15 is 0 Å². The maximum absolute atomic E-state index is 13.5. The number of aliphatic hydroxyl groups excluding tert-OH is 1. The van der Waals surface area contributed by atoms with Crippen molar-refractivity contribution >= 4 is 0 Å². The fourth-order valence-corrected chi connectivity index (χ4v) is 4.61. The van der Waals surface area contributed by atoms with Crippen molar-refractivity contribution in [2.24, 2.45) is 13.0 Å². The van der Waals surface area contributed by atoms with E-state index < -0.39 is 6.10 Å². The van der Waals surface area contributed by atoms with Gasteiger partial charge in [-0.1, -0.05) is 60.7 Å². The molecule has 0 bridgehead atoms. The van der Waals surface area contributed by atoms with Crippen LogP contribution in [0.2, 0.25) is 0 Å². The highest BCUT2D eigenvalue weighted by molar-refractivity contribution is 5.65. The molecule has 4 aromatic rings. The minimum Gasteiger partial charge on any atom is -0.439 e. The van der Waals surface area contributed by atoms with Gasteiger partial charge in [0.25, 0.3) is 0 Å². The molecule has 1 N–H and O–H groups in total. The van der Waals surface area contributed by atoms with Gasteiger partial charge in [-0.05, 0) is 55.0 Å². The number of hydrogen-bond donors (Lipinski definition) is 1. The number of aryl methyl sites for hydroxylation is 1. The maximum atomic E-state index is 13.5. The zero-order chi connectivity index (χ0) is 24.9. The van der Waals surface area contributed by atoms with E-state index in [-0.39, 0.29) is 5.82 Å². The molecular formula is C30H32FN3O2. The molecule has 0 amide bonds. The first-order chi connectivity index (χ1) is 17.5. The maximum Gasteiger partial charge on any atom is 0.222 e. The quantitative estimate of drug-likeness (QED) is 0.290. The normalized spacial score (nSPS) is 14.2. The van der Waals surface area contributed by atoms with E-state index in [4.69, 9.17) is 9.84 Å². The summed E-state index contributed by atoms with van der Waals surface area (Å²) in [6, 6.07) is 26.2. The molecule has 1 heterocycles. The summed E-state index contributed by atoms with van der Waals surface area (Å²) in [5.74, 6) is 1.53. The molecule has 36 heavy (non-hydrogen) atoms. The molecule has 6 heteroatoms. The highest BCUT2D eigenvalue weighted by Gasteiger charge is 2.28. The van der Waals surface area contributed by atoms with Gasteiger partial charge in [-0.2, -0.15) is 5.10 Å². The van der Waals surface area contributed by atoms with Crippen molar-refractivity contribution in [1.82, 2.24) is 14.7 Å². The average Bonchev–Trinajstić information content (AvgIpc) is 3.65. The smallest absolute Gasteiger partial charge is 0.222 e. The van der Waals surface area contributed by atoms with Crippen molar-refractivity contribution in [2.75, 3.05) is 13.1 Å². The van der Waals surface area contributed by atoms with Crippen LogP contribution in [0.3, 0.4) is 0 Å². The lowest BCUT2D eigenvalue weighted by Gasteiger charge is -2.26. The summed E-state index contributed by atoms with van der Waals surface area (Å²) >= 11 is 0. The van der Waals surface area contributed by atoms with Crippen LogP contribution in [-0.2, 0) is 20.0 Å². The third-order valence-electron chi connectivity index (χ3n) is 6.54. The van der Waals surface area contributed by atoms with Crippen molar-refractivity contribution < 1.29 is 14.2 Å². The summed E-state index contributed by atoms with van der Waals surface area (Å²) in [7, 11) is 1.87. The molecule has 1 atom stereocenters. The Morgan fingerprint density at radius 3 is 2.33 bits per heavy atom. The number of aliphatic hydroxyl groups is 1. The fourth-order valence-electron chi connectivity index (χ4n) is 4.61. The molecule has 5 nitrogen and oxygen atoms in total. The Labute approximate surface area is 211 Å².